The van der Waals surface area contributed by atoms with Crippen molar-refractivity contribution in [3.8, 4) is 0 Å². The van der Waals surface area contributed by atoms with Gasteiger partial charge in [0.05, 0.1) is 12.4 Å². The van der Waals surface area contributed by atoms with Crippen molar-refractivity contribution in [3.63, 3.8) is 0 Å². The number of rotatable bonds is 9. The van der Waals surface area contributed by atoms with Crippen molar-refractivity contribution in [1.29, 1.82) is 0 Å². The standard InChI is InChI=1S/C24H30N2O4/c1-18-10-12-19(13-11-18)23(27)26-22(17-21-9-5-15-30-21)24(28)25-14-6-16-29-20-7-3-2-4-8-20/h5,9-13,15,17,20H,2-4,6-8,14,16H2,1H3,(H,25,28)(H,26,27)/b22-17-. The summed E-state index contributed by atoms with van der Waals surface area (Å²) in [5.74, 6) is -0.210. The van der Waals surface area contributed by atoms with Crippen LogP contribution in [0.15, 0.2) is 52.8 Å². The molecule has 1 saturated carbocycles. The molecule has 30 heavy (non-hydrogen) atoms. The molecule has 1 aromatic carbocycles. The van der Waals surface area contributed by atoms with Crippen molar-refractivity contribution < 1.29 is 18.7 Å². The fourth-order valence-electron chi connectivity index (χ4n) is 3.42. The van der Waals surface area contributed by atoms with Crippen LogP contribution >= 0.6 is 0 Å². The molecule has 0 radical (unpaired) electrons. The van der Waals surface area contributed by atoms with E-state index >= 15 is 0 Å². The van der Waals surface area contributed by atoms with Crippen LogP contribution in [0.25, 0.3) is 6.08 Å². The Morgan fingerprint density at radius 1 is 1.13 bits per heavy atom. The van der Waals surface area contributed by atoms with Gasteiger partial charge in [-0.1, -0.05) is 37.0 Å². The summed E-state index contributed by atoms with van der Waals surface area (Å²) in [6.07, 6.45) is 10.2. The monoisotopic (exact) mass is 410 g/mol. The van der Waals surface area contributed by atoms with E-state index in [0.717, 1.165) is 24.8 Å². The second kappa shape index (κ2) is 11.4. The second-order valence-electron chi connectivity index (χ2n) is 7.63. The first-order valence-electron chi connectivity index (χ1n) is 10.6. The Morgan fingerprint density at radius 3 is 2.60 bits per heavy atom. The topological polar surface area (TPSA) is 80.6 Å². The van der Waals surface area contributed by atoms with Crippen LogP contribution < -0.4 is 10.6 Å². The average Bonchev–Trinajstić information content (AvgIpc) is 3.27. The maximum absolute atomic E-state index is 12.7. The Balaban J connectivity index is 1.53. The molecular weight excluding hydrogens is 380 g/mol. The van der Waals surface area contributed by atoms with E-state index in [1.807, 2.05) is 19.1 Å². The maximum Gasteiger partial charge on any atom is 0.267 e. The van der Waals surface area contributed by atoms with Crippen molar-refractivity contribution in [2.45, 2.75) is 51.6 Å². The van der Waals surface area contributed by atoms with Gasteiger partial charge in [-0.05, 0) is 50.5 Å². The third-order valence-corrected chi connectivity index (χ3v) is 5.15. The number of hydrogen-bond acceptors (Lipinski definition) is 4. The normalized spacial score (nSPS) is 15.0. The van der Waals surface area contributed by atoms with Gasteiger partial charge in [-0.15, -0.1) is 0 Å². The predicted octanol–water partition coefficient (Wildman–Crippen LogP) is 4.21. The number of benzene rings is 1. The Hall–Kier alpha value is -2.86. The van der Waals surface area contributed by atoms with Crippen LogP contribution in [-0.2, 0) is 9.53 Å². The highest BCUT2D eigenvalue weighted by molar-refractivity contribution is 6.05. The van der Waals surface area contributed by atoms with E-state index in [2.05, 4.69) is 10.6 Å². The summed E-state index contributed by atoms with van der Waals surface area (Å²) in [6, 6.07) is 10.6. The van der Waals surface area contributed by atoms with Crippen LogP contribution in [0, 0.1) is 6.92 Å². The largest absolute Gasteiger partial charge is 0.465 e. The highest BCUT2D eigenvalue weighted by Crippen LogP contribution is 2.20. The fourth-order valence-corrected chi connectivity index (χ4v) is 3.42. The lowest BCUT2D eigenvalue weighted by Gasteiger charge is -2.22. The van der Waals surface area contributed by atoms with Crippen molar-refractivity contribution >= 4 is 17.9 Å². The molecule has 0 atom stereocenters. The summed E-state index contributed by atoms with van der Waals surface area (Å²) in [5.41, 5.74) is 1.69. The third kappa shape index (κ3) is 6.88. The van der Waals surface area contributed by atoms with E-state index in [-0.39, 0.29) is 17.5 Å². The number of furan rings is 1. The van der Waals surface area contributed by atoms with Gasteiger partial charge in [0.2, 0.25) is 0 Å². The second-order valence-corrected chi connectivity index (χ2v) is 7.63. The van der Waals surface area contributed by atoms with E-state index in [0.29, 0.717) is 30.6 Å². The van der Waals surface area contributed by atoms with Crippen LogP contribution in [0.3, 0.4) is 0 Å². The molecule has 3 rings (SSSR count). The maximum atomic E-state index is 12.7. The lowest BCUT2D eigenvalue weighted by atomic mass is 9.98. The van der Waals surface area contributed by atoms with Gasteiger partial charge in [-0.25, -0.2) is 0 Å². The molecule has 1 fully saturated rings. The molecule has 1 aromatic heterocycles. The van der Waals surface area contributed by atoms with Crippen LogP contribution in [0.5, 0.6) is 0 Å². The minimum atomic E-state index is -0.357. The van der Waals surface area contributed by atoms with Gasteiger partial charge < -0.3 is 19.8 Å². The number of nitrogens with one attached hydrogen (secondary N) is 2. The van der Waals surface area contributed by atoms with E-state index in [1.165, 1.54) is 31.6 Å². The van der Waals surface area contributed by atoms with Gasteiger partial charge >= 0.3 is 0 Å². The van der Waals surface area contributed by atoms with Crippen LogP contribution in [0.4, 0.5) is 0 Å². The SMILES string of the molecule is Cc1ccc(C(=O)N/C(=C\c2ccco2)C(=O)NCCCOC2CCCCC2)cc1. The Kier molecular flexibility index (Phi) is 8.27. The Morgan fingerprint density at radius 2 is 1.90 bits per heavy atom. The van der Waals surface area contributed by atoms with Crippen molar-refractivity contribution in [1.82, 2.24) is 10.6 Å². The smallest absolute Gasteiger partial charge is 0.267 e. The first-order chi connectivity index (χ1) is 14.6. The molecule has 1 aliphatic rings. The molecule has 2 N–H and O–H groups in total. The van der Waals surface area contributed by atoms with E-state index in [9.17, 15) is 9.59 Å². The van der Waals surface area contributed by atoms with E-state index < -0.39 is 0 Å². The first-order valence-corrected chi connectivity index (χ1v) is 10.6. The molecule has 6 heteroatoms. The van der Waals surface area contributed by atoms with Crippen LogP contribution in [0.1, 0.15) is 60.2 Å². The molecule has 6 nitrogen and oxygen atoms in total. The number of ether oxygens (including phenoxy) is 1. The lowest BCUT2D eigenvalue weighted by molar-refractivity contribution is -0.117. The molecule has 160 valence electrons. The average molecular weight is 411 g/mol. The van der Waals surface area contributed by atoms with E-state index in [4.69, 9.17) is 9.15 Å². The molecule has 1 aliphatic carbocycles. The summed E-state index contributed by atoms with van der Waals surface area (Å²) < 4.78 is 11.2. The number of aryl methyl sites for hydroxylation is 1. The molecule has 1 heterocycles. The highest BCUT2D eigenvalue weighted by atomic mass is 16.5. The lowest BCUT2D eigenvalue weighted by Crippen LogP contribution is -2.35. The van der Waals surface area contributed by atoms with E-state index in [1.54, 1.807) is 24.3 Å². The van der Waals surface area contributed by atoms with Gasteiger partial charge in [0.15, 0.2) is 0 Å². The Labute approximate surface area is 177 Å². The molecule has 0 spiro atoms. The zero-order valence-electron chi connectivity index (χ0n) is 17.5. The van der Waals surface area contributed by atoms with Gasteiger partial charge in [0.25, 0.3) is 11.8 Å². The molecule has 2 aromatic rings. The predicted molar refractivity (Wildman–Crippen MR) is 116 cm³/mol. The number of amides is 2. The van der Waals surface area contributed by atoms with Gasteiger partial charge in [0.1, 0.15) is 11.5 Å². The highest BCUT2D eigenvalue weighted by Gasteiger charge is 2.16. The fraction of sp³-hybridized carbons (Fsp3) is 0.417. The quantitative estimate of drug-likeness (QED) is 0.479. The molecule has 0 unspecified atom stereocenters. The van der Waals surface area contributed by atoms with Crippen molar-refractivity contribution in [2.75, 3.05) is 13.2 Å². The Bertz CT molecular complexity index is 835. The van der Waals surface area contributed by atoms with Crippen LogP contribution in [0.2, 0.25) is 0 Å². The minimum absolute atomic E-state index is 0.142. The zero-order valence-corrected chi connectivity index (χ0v) is 17.5. The molecule has 0 saturated heterocycles. The van der Waals surface area contributed by atoms with Crippen LogP contribution in [-0.4, -0.2) is 31.1 Å². The summed E-state index contributed by atoms with van der Waals surface area (Å²) in [4.78, 5) is 25.2. The summed E-state index contributed by atoms with van der Waals surface area (Å²) >= 11 is 0. The molecule has 2 amide bonds. The molecule has 0 aliphatic heterocycles. The van der Waals surface area contributed by atoms with Crippen molar-refractivity contribution in [3.05, 3.63) is 65.2 Å². The number of carbonyl (C=O) groups excluding carboxylic acids is 2. The minimum Gasteiger partial charge on any atom is -0.465 e. The summed E-state index contributed by atoms with van der Waals surface area (Å²) in [7, 11) is 0. The van der Waals surface area contributed by atoms with Gasteiger partial charge in [-0.3, -0.25) is 9.59 Å². The first kappa shape index (κ1) is 21.8. The summed E-state index contributed by atoms with van der Waals surface area (Å²) in [6.45, 7) is 3.05. The number of hydrogen-bond donors (Lipinski definition) is 2. The third-order valence-electron chi connectivity index (χ3n) is 5.15. The van der Waals surface area contributed by atoms with Gasteiger partial charge in [-0.2, -0.15) is 0 Å². The molecular formula is C24H30N2O4. The van der Waals surface area contributed by atoms with Crippen molar-refractivity contribution in [2.24, 2.45) is 0 Å². The molecule has 0 bridgehead atoms. The number of carbonyl (C=O) groups is 2. The summed E-state index contributed by atoms with van der Waals surface area (Å²) in [5, 5.41) is 5.56. The zero-order chi connectivity index (χ0) is 21.2. The van der Waals surface area contributed by atoms with Gasteiger partial charge in [0, 0.05) is 24.8 Å².